The molecule has 6 heteroatoms. The number of nitrogens with one attached hydrogen (secondary N) is 1. The standard InChI is InChI=1S/C24H26N4O2/c29-24-10-8-22(19-2-1-12-25-16-19)27-28(24)21-6-4-20(5-7-21)26-15-17-3-9-23-18(14-17)11-13-30-23/h1-3,8-10,12,14,16,20-21,26H,4-7,11,13,15H2. The number of pyridine rings is 1. The lowest BCUT2D eigenvalue weighted by molar-refractivity contribution is 0.269. The van der Waals surface area contributed by atoms with Gasteiger partial charge in [0.1, 0.15) is 5.75 Å². The summed E-state index contributed by atoms with van der Waals surface area (Å²) in [5.74, 6) is 1.03. The highest BCUT2D eigenvalue weighted by atomic mass is 16.5. The van der Waals surface area contributed by atoms with Crippen LogP contribution in [0.3, 0.4) is 0 Å². The molecule has 1 fully saturated rings. The molecule has 6 nitrogen and oxygen atoms in total. The highest BCUT2D eigenvalue weighted by Crippen LogP contribution is 2.29. The highest BCUT2D eigenvalue weighted by molar-refractivity contribution is 5.56. The maximum Gasteiger partial charge on any atom is 0.267 e. The molecule has 154 valence electrons. The van der Waals surface area contributed by atoms with E-state index in [4.69, 9.17) is 4.74 Å². The maximum absolute atomic E-state index is 12.4. The molecule has 1 aliphatic carbocycles. The van der Waals surface area contributed by atoms with Crippen molar-refractivity contribution >= 4 is 0 Å². The van der Waals surface area contributed by atoms with Crippen molar-refractivity contribution < 1.29 is 4.74 Å². The van der Waals surface area contributed by atoms with Crippen molar-refractivity contribution in [1.82, 2.24) is 20.1 Å². The molecule has 5 rings (SSSR count). The number of rotatable bonds is 5. The first kappa shape index (κ1) is 19.0. The van der Waals surface area contributed by atoms with E-state index >= 15 is 0 Å². The Balaban J connectivity index is 1.20. The quantitative estimate of drug-likeness (QED) is 0.707. The second kappa shape index (κ2) is 8.40. The number of ether oxygens (including phenoxy) is 1. The summed E-state index contributed by atoms with van der Waals surface area (Å²) in [4.78, 5) is 16.6. The lowest BCUT2D eigenvalue weighted by atomic mass is 9.91. The van der Waals surface area contributed by atoms with Crippen LogP contribution in [0.2, 0.25) is 0 Å². The van der Waals surface area contributed by atoms with Gasteiger partial charge in [-0.2, -0.15) is 5.10 Å². The highest BCUT2D eigenvalue weighted by Gasteiger charge is 2.24. The van der Waals surface area contributed by atoms with Gasteiger partial charge in [0.25, 0.3) is 5.56 Å². The molecule has 1 aliphatic heterocycles. The second-order valence-corrected chi connectivity index (χ2v) is 8.17. The first-order valence-corrected chi connectivity index (χ1v) is 10.7. The molecule has 0 unspecified atom stereocenters. The molecule has 0 bridgehead atoms. The van der Waals surface area contributed by atoms with Gasteiger partial charge in [0.15, 0.2) is 0 Å². The third-order valence-corrected chi connectivity index (χ3v) is 6.17. The minimum atomic E-state index is -0.0283. The molecule has 3 heterocycles. The monoisotopic (exact) mass is 402 g/mol. The Hall–Kier alpha value is -2.99. The topological polar surface area (TPSA) is 69.0 Å². The number of fused-ring (bicyclic) bond motifs is 1. The lowest BCUT2D eigenvalue weighted by Crippen LogP contribution is -2.36. The molecule has 1 aromatic carbocycles. The fourth-order valence-electron chi connectivity index (χ4n) is 4.49. The summed E-state index contributed by atoms with van der Waals surface area (Å²) >= 11 is 0. The third-order valence-electron chi connectivity index (χ3n) is 6.17. The zero-order chi connectivity index (χ0) is 20.3. The van der Waals surface area contributed by atoms with Crippen molar-refractivity contribution in [3.63, 3.8) is 0 Å². The van der Waals surface area contributed by atoms with Gasteiger partial charge in [-0.25, -0.2) is 4.68 Å². The van der Waals surface area contributed by atoms with Crippen LogP contribution in [0, 0.1) is 0 Å². The van der Waals surface area contributed by atoms with Crippen molar-refractivity contribution in [3.05, 3.63) is 76.3 Å². The predicted molar refractivity (Wildman–Crippen MR) is 116 cm³/mol. The largest absolute Gasteiger partial charge is 0.493 e. The predicted octanol–water partition coefficient (Wildman–Crippen LogP) is 3.51. The SMILES string of the molecule is O=c1ccc(-c2cccnc2)nn1C1CCC(NCc2ccc3c(c2)CCO3)CC1. The molecule has 0 amide bonds. The normalized spacial score (nSPS) is 20.5. The Morgan fingerprint density at radius 2 is 2.00 bits per heavy atom. The fraction of sp³-hybridized carbons (Fsp3) is 0.375. The third kappa shape index (κ3) is 4.00. The Kier molecular flexibility index (Phi) is 5.32. The van der Waals surface area contributed by atoms with Crippen LogP contribution in [-0.4, -0.2) is 27.4 Å². The van der Waals surface area contributed by atoms with Crippen LogP contribution in [0.25, 0.3) is 11.3 Å². The van der Waals surface area contributed by atoms with Crippen molar-refractivity contribution in [2.45, 2.75) is 50.7 Å². The molecular formula is C24H26N4O2. The number of hydrogen-bond donors (Lipinski definition) is 1. The second-order valence-electron chi connectivity index (χ2n) is 8.17. The van der Waals surface area contributed by atoms with E-state index < -0.39 is 0 Å². The van der Waals surface area contributed by atoms with E-state index in [0.717, 1.165) is 62.3 Å². The zero-order valence-electron chi connectivity index (χ0n) is 17.0. The van der Waals surface area contributed by atoms with Gasteiger partial charge in [0.05, 0.1) is 18.3 Å². The van der Waals surface area contributed by atoms with Gasteiger partial charge in [0, 0.05) is 43.0 Å². The molecule has 2 aromatic heterocycles. The molecule has 1 N–H and O–H groups in total. The smallest absolute Gasteiger partial charge is 0.267 e. The van der Waals surface area contributed by atoms with E-state index in [2.05, 4.69) is 33.6 Å². The lowest BCUT2D eigenvalue weighted by Gasteiger charge is -2.30. The summed E-state index contributed by atoms with van der Waals surface area (Å²) in [5, 5.41) is 8.35. The molecule has 1 saturated carbocycles. The summed E-state index contributed by atoms with van der Waals surface area (Å²) in [7, 11) is 0. The Morgan fingerprint density at radius 1 is 1.10 bits per heavy atom. The Bertz CT molecular complexity index is 1070. The van der Waals surface area contributed by atoms with Gasteiger partial charge < -0.3 is 10.1 Å². The Morgan fingerprint density at radius 3 is 2.83 bits per heavy atom. The van der Waals surface area contributed by atoms with E-state index in [1.807, 2.05) is 12.1 Å². The van der Waals surface area contributed by atoms with Crippen molar-refractivity contribution in [1.29, 1.82) is 0 Å². The van der Waals surface area contributed by atoms with Gasteiger partial charge in [-0.15, -0.1) is 0 Å². The molecule has 0 atom stereocenters. The Labute approximate surface area is 175 Å². The summed E-state index contributed by atoms with van der Waals surface area (Å²) in [5.41, 5.74) is 4.32. The van der Waals surface area contributed by atoms with Crippen molar-refractivity contribution in [3.8, 4) is 17.0 Å². The van der Waals surface area contributed by atoms with E-state index in [9.17, 15) is 4.79 Å². The van der Waals surface area contributed by atoms with Gasteiger partial charge in [0.2, 0.25) is 0 Å². The number of aromatic nitrogens is 3. The molecule has 3 aromatic rings. The van der Waals surface area contributed by atoms with Gasteiger partial charge in [-0.1, -0.05) is 12.1 Å². The van der Waals surface area contributed by atoms with Gasteiger partial charge >= 0.3 is 0 Å². The van der Waals surface area contributed by atoms with Crippen LogP contribution in [0.1, 0.15) is 42.9 Å². The minimum absolute atomic E-state index is 0.0283. The van der Waals surface area contributed by atoms with E-state index in [0.29, 0.717) is 6.04 Å². The fourth-order valence-corrected chi connectivity index (χ4v) is 4.49. The van der Waals surface area contributed by atoms with Crippen LogP contribution >= 0.6 is 0 Å². The minimum Gasteiger partial charge on any atom is -0.493 e. The van der Waals surface area contributed by atoms with Crippen LogP contribution in [0.15, 0.2) is 59.7 Å². The molecule has 30 heavy (non-hydrogen) atoms. The average molecular weight is 402 g/mol. The molecular weight excluding hydrogens is 376 g/mol. The molecule has 0 spiro atoms. The zero-order valence-corrected chi connectivity index (χ0v) is 17.0. The summed E-state index contributed by atoms with van der Waals surface area (Å²) in [6.45, 7) is 1.67. The van der Waals surface area contributed by atoms with Crippen molar-refractivity contribution in [2.75, 3.05) is 6.61 Å². The molecule has 0 radical (unpaired) electrons. The van der Waals surface area contributed by atoms with Crippen LogP contribution < -0.4 is 15.6 Å². The summed E-state index contributed by atoms with van der Waals surface area (Å²) in [6, 6.07) is 14.4. The average Bonchev–Trinajstić information content (AvgIpc) is 3.27. The number of benzene rings is 1. The van der Waals surface area contributed by atoms with Crippen molar-refractivity contribution in [2.24, 2.45) is 0 Å². The van der Waals surface area contributed by atoms with E-state index in [-0.39, 0.29) is 11.6 Å². The first-order chi connectivity index (χ1) is 14.8. The van der Waals surface area contributed by atoms with E-state index in [1.54, 1.807) is 29.2 Å². The van der Waals surface area contributed by atoms with Gasteiger partial charge in [-0.3, -0.25) is 9.78 Å². The van der Waals surface area contributed by atoms with Gasteiger partial charge in [-0.05, 0) is 61.1 Å². The van der Waals surface area contributed by atoms with Crippen LogP contribution in [-0.2, 0) is 13.0 Å². The number of hydrogen-bond acceptors (Lipinski definition) is 5. The summed E-state index contributed by atoms with van der Waals surface area (Å²) in [6.07, 6.45) is 8.54. The van der Waals surface area contributed by atoms with Crippen LogP contribution in [0.4, 0.5) is 0 Å². The maximum atomic E-state index is 12.4. The molecule has 2 aliphatic rings. The summed E-state index contributed by atoms with van der Waals surface area (Å²) < 4.78 is 7.27. The number of nitrogens with zero attached hydrogens (tertiary/aromatic N) is 3. The van der Waals surface area contributed by atoms with E-state index in [1.165, 1.54) is 11.1 Å². The first-order valence-electron chi connectivity index (χ1n) is 10.7. The van der Waals surface area contributed by atoms with Crippen LogP contribution in [0.5, 0.6) is 5.75 Å². The molecule has 0 saturated heterocycles.